The van der Waals surface area contributed by atoms with E-state index >= 15 is 0 Å². The topological polar surface area (TPSA) is 46.2 Å². The molecule has 1 heterocycles. The predicted molar refractivity (Wildman–Crippen MR) is 124 cm³/mol. The van der Waals surface area contributed by atoms with E-state index in [1.165, 1.54) is 0 Å². The lowest BCUT2D eigenvalue weighted by Gasteiger charge is -2.36. The molecule has 0 unspecified atom stereocenters. The summed E-state index contributed by atoms with van der Waals surface area (Å²) in [5.41, 5.74) is 1.94. The molecule has 0 spiro atoms. The summed E-state index contributed by atoms with van der Waals surface area (Å²) in [5.74, 6) is 3.71. The number of ether oxygens (including phenoxy) is 4. The van der Waals surface area contributed by atoms with E-state index in [1.807, 2.05) is 42.5 Å². The highest BCUT2D eigenvalue weighted by atomic mass is 28.4. The van der Waals surface area contributed by atoms with Gasteiger partial charge >= 0.3 is 0 Å². The number of fused-ring (bicyclic) bond motifs is 1. The van der Waals surface area contributed by atoms with Crippen molar-refractivity contribution >= 4 is 20.5 Å². The number of hydrogen-bond acceptors (Lipinski definition) is 5. The Morgan fingerprint density at radius 1 is 0.833 bits per heavy atom. The Hall–Kier alpha value is -2.60. The van der Waals surface area contributed by atoms with Crippen molar-refractivity contribution in [3.8, 4) is 28.7 Å². The van der Waals surface area contributed by atoms with Gasteiger partial charge < -0.3 is 23.4 Å². The third-order valence-electron chi connectivity index (χ3n) is 5.71. The highest BCUT2D eigenvalue weighted by molar-refractivity contribution is 6.74. The Kier molecular flexibility index (Phi) is 6.36. The Bertz CT molecular complexity index is 928. The first-order valence-corrected chi connectivity index (χ1v) is 13.1. The molecule has 0 fully saturated rings. The molecule has 0 saturated carbocycles. The van der Waals surface area contributed by atoms with Crippen LogP contribution in [-0.2, 0) is 0 Å². The molecule has 30 heavy (non-hydrogen) atoms. The molecule has 0 amide bonds. The number of hydrogen-bond donors (Lipinski definition) is 0. The molecule has 1 aliphatic heterocycles. The van der Waals surface area contributed by atoms with E-state index < -0.39 is 8.32 Å². The van der Waals surface area contributed by atoms with Crippen LogP contribution in [0, 0.1) is 0 Å². The van der Waals surface area contributed by atoms with Crippen molar-refractivity contribution in [2.45, 2.75) is 38.9 Å². The van der Waals surface area contributed by atoms with Gasteiger partial charge in [0, 0.05) is 11.6 Å². The van der Waals surface area contributed by atoms with Gasteiger partial charge in [-0.15, -0.1) is 0 Å². The quantitative estimate of drug-likeness (QED) is 0.415. The summed E-state index contributed by atoms with van der Waals surface area (Å²) < 4.78 is 28.9. The van der Waals surface area contributed by atoms with Crippen LogP contribution < -0.4 is 23.4 Å². The summed E-state index contributed by atoms with van der Waals surface area (Å²) in [5, 5.41) is 0.0996. The standard InChI is InChI=1S/C24H32O5Si/c1-24(2,3)30(6,7)29-23-14-17(9-11-19(23)25-4)8-10-18-15-21-22(16-20(18)26-5)28-13-12-27-21/h8-11,14-16H,12-13H2,1-7H3/b10-8-. The van der Waals surface area contributed by atoms with Gasteiger partial charge in [0.25, 0.3) is 8.32 Å². The minimum Gasteiger partial charge on any atom is -0.541 e. The van der Waals surface area contributed by atoms with Crippen LogP contribution in [0.5, 0.6) is 28.7 Å². The normalized spacial score (nSPS) is 14.0. The molecule has 0 radical (unpaired) electrons. The van der Waals surface area contributed by atoms with Crippen LogP contribution in [0.25, 0.3) is 12.2 Å². The molecule has 6 heteroatoms. The number of methoxy groups -OCH3 is 2. The first-order valence-electron chi connectivity index (χ1n) is 10.2. The SMILES string of the molecule is COc1cc2c(cc1/C=C\c1ccc(OC)c(O[Si](C)(C)C(C)(C)C)c1)OCCO2. The summed E-state index contributed by atoms with van der Waals surface area (Å²) in [4.78, 5) is 0. The smallest absolute Gasteiger partial charge is 0.250 e. The third-order valence-corrected chi connectivity index (χ3v) is 10.1. The lowest BCUT2D eigenvalue weighted by atomic mass is 10.1. The second kappa shape index (κ2) is 8.64. The third kappa shape index (κ3) is 4.75. The van der Waals surface area contributed by atoms with Gasteiger partial charge in [-0.1, -0.05) is 39.0 Å². The fraction of sp³-hybridized carbons (Fsp3) is 0.417. The van der Waals surface area contributed by atoms with Crippen LogP contribution in [0.4, 0.5) is 0 Å². The van der Waals surface area contributed by atoms with Gasteiger partial charge in [0.15, 0.2) is 17.2 Å². The Morgan fingerprint density at radius 3 is 2.07 bits per heavy atom. The van der Waals surface area contributed by atoms with Gasteiger partial charge in [-0.05, 0) is 41.9 Å². The van der Waals surface area contributed by atoms with Crippen molar-refractivity contribution < 1.29 is 23.4 Å². The minimum absolute atomic E-state index is 0.0996. The highest BCUT2D eigenvalue weighted by Gasteiger charge is 2.39. The lowest BCUT2D eigenvalue weighted by molar-refractivity contribution is 0.170. The molecule has 0 saturated heterocycles. The highest BCUT2D eigenvalue weighted by Crippen LogP contribution is 2.41. The first kappa shape index (κ1) is 22.1. The molecule has 0 bridgehead atoms. The fourth-order valence-electron chi connectivity index (χ4n) is 2.88. The fourth-order valence-corrected chi connectivity index (χ4v) is 3.90. The second-order valence-corrected chi connectivity index (χ2v) is 13.6. The van der Waals surface area contributed by atoms with Gasteiger partial charge in [0.1, 0.15) is 24.7 Å². The van der Waals surface area contributed by atoms with Crippen molar-refractivity contribution in [3.05, 3.63) is 41.5 Å². The average Bonchev–Trinajstić information content (AvgIpc) is 2.70. The van der Waals surface area contributed by atoms with E-state index in [-0.39, 0.29) is 5.04 Å². The Morgan fingerprint density at radius 2 is 1.47 bits per heavy atom. The monoisotopic (exact) mass is 428 g/mol. The summed E-state index contributed by atoms with van der Waals surface area (Å²) >= 11 is 0. The molecule has 5 nitrogen and oxygen atoms in total. The molecule has 1 aliphatic rings. The molecule has 2 aromatic rings. The van der Waals surface area contributed by atoms with E-state index in [2.05, 4.69) is 33.9 Å². The zero-order valence-corrected chi connectivity index (χ0v) is 20.0. The lowest BCUT2D eigenvalue weighted by Crippen LogP contribution is -2.43. The van der Waals surface area contributed by atoms with Crippen molar-refractivity contribution in [1.82, 2.24) is 0 Å². The van der Waals surface area contributed by atoms with E-state index in [9.17, 15) is 0 Å². The zero-order chi connectivity index (χ0) is 21.9. The molecular weight excluding hydrogens is 396 g/mol. The summed E-state index contributed by atoms with van der Waals surface area (Å²) in [7, 11) is 1.34. The number of benzene rings is 2. The van der Waals surface area contributed by atoms with E-state index in [0.29, 0.717) is 19.0 Å². The van der Waals surface area contributed by atoms with E-state index in [0.717, 1.165) is 34.1 Å². The predicted octanol–water partition coefficient (Wildman–Crippen LogP) is 6.03. The van der Waals surface area contributed by atoms with Gasteiger partial charge in [0.05, 0.1) is 14.2 Å². The van der Waals surface area contributed by atoms with Crippen molar-refractivity contribution in [2.75, 3.05) is 27.4 Å². The molecule has 2 aromatic carbocycles. The maximum Gasteiger partial charge on any atom is 0.250 e. The zero-order valence-electron chi connectivity index (χ0n) is 19.0. The van der Waals surface area contributed by atoms with E-state index in [4.69, 9.17) is 23.4 Å². The van der Waals surface area contributed by atoms with Crippen LogP contribution in [0.1, 0.15) is 31.9 Å². The maximum absolute atomic E-state index is 6.52. The molecule has 162 valence electrons. The Labute approximate surface area is 180 Å². The van der Waals surface area contributed by atoms with Crippen LogP contribution >= 0.6 is 0 Å². The molecule has 0 aromatic heterocycles. The number of rotatable bonds is 6. The summed E-state index contributed by atoms with van der Waals surface area (Å²) in [6, 6.07) is 9.80. The molecule has 0 aliphatic carbocycles. The summed E-state index contributed by atoms with van der Waals surface area (Å²) in [6.07, 6.45) is 4.04. The van der Waals surface area contributed by atoms with E-state index in [1.54, 1.807) is 14.2 Å². The first-order chi connectivity index (χ1) is 14.1. The van der Waals surface area contributed by atoms with Crippen molar-refractivity contribution in [3.63, 3.8) is 0 Å². The van der Waals surface area contributed by atoms with Crippen LogP contribution in [0.15, 0.2) is 30.3 Å². The molecule has 0 atom stereocenters. The second-order valence-electron chi connectivity index (χ2n) is 8.84. The summed E-state index contributed by atoms with van der Waals surface area (Å²) in [6.45, 7) is 12.2. The maximum atomic E-state index is 6.52. The Balaban J connectivity index is 1.91. The average molecular weight is 429 g/mol. The molecule has 0 N–H and O–H groups in total. The van der Waals surface area contributed by atoms with Crippen molar-refractivity contribution in [1.29, 1.82) is 0 Å². The van der Waals surface area contributed by atoms with Crippen molar-refractivity contribution in [2.24, 2.45) is 0 Å². The van der Waals surface area contributed by atoms with Crippen LogP contribution in [-0.4, -0.2) is 35.8 Å². The molecular formula is C24H32O5Si. The van der Waals surface area contributed by atoms with Crippen LogP contribution in [0.3, 0.4) is 0 Å². The largest absolute Gasteiger partial charge is 0.541 e. The minimum atomic E-state index is -1.99. The van der Waals surface area contributed by atoms with Crippen LogP contribution in [0.2, 0.25) is 18.1 Å². The molecule has 3 rings (SSSR count). The van der Waals surface area contributed by atoms with Gasteiger partial charge in [-0.25, -0.2) is 0 Å². The van der Waals surface area contributed by atoms with Gasteiger partial charge in [-0.2, -0.15) is 0 Å². The van der Waals surface area contributed by atoms with Gasteiger partial charge in [0.2, 0.25) is 0 Å². The van der Waals surface area contributed by atoms with Gasteiger partial charge in [-0.3, -0.25) is 0 Å².